The Morgan fingerprint density at radius 2 is 1.90 bits per heavy atom. The van der Waals surface area contributed by atoms with Gasteiger partial charge in [0.15, 0.2) is 0 Å². The molecule has 0 unspecified atom stereocenters. The fourth-order valence-corrected chi connectivity index (χ4v) is 1.24. The van der Waals surface area contributed by atoms with Crippen molar-refractivity contribution in [1.29, 1.82) is 0 Å². The van der Waals surface area contributed by atoms with Gasteiger partial charge in [0.1, 0.15) is 0 Å². The fourth-order valence-electron chi connectivity index (χ4n) is 1.24. The summed E-state index contributed by atoms with van der Waals surface area (Å²) in [7, 11) is 0. The highest BCUT2D eigenvalue weighted by Gasteiger charge is 1.98. The third kappa shape index (κ3) is 0.878. The predicted molar refractivity (Wildman–Crippen MR) is 45.2 cm³/mol. The Hall–Kier alpha value is -0.980. The highest BCUT2D eigenvalue weighted by Crippen LogP contribution is 1.94. The molecule has 1 aromatic rings. The van der Waals surface area contributed by atoms with E-state index in [1.807, 2.05) is 0 Å². The summed E-state index contributed by atoms with van der Waals surface area (Å²) in [5.41, 5.74) is 2.57. The number of aromatic amines is 1. The second-order valence-electron chi connectivity index (χ2n) is 2.54. The minimum atomic E-state index is 1.00. The van der Waals surface area contributed by atoms with Gasteiger partial charge in [-0.2, -0.15) is 0 Å². The number of rotatable bonds is 1. The van der Waals surface area contributed by atoms with E-state index in [-0.39, 0.29) is 0 Å². The molecule has 0 aliphatic rings. The second kappa shape index (κ2) is 2.33. The third-order valence-corrected chi connectivity index (χ3v) is 1.92. The van der Waals surface area contributed by atoms with E-state index < -0.39 is 0 Å². The fraction of sp³-hybridized carbons (Fsp3) is 0.333. The first-order valence-electron chi connectivity index (χ1n) is 3.52. The molecule has 0 fully saturated rings. The maximum Gasteiger partial charge on any atom is 0.0346 e. The van der Waals surface area contributed by atoms with Gasteiger partial charge in [0.05, 0.1) is 0 Å². The van der Waals surface area contributed by atoms with Gasteiger partial charge in [0.25, 0.3) is 0 Å². The van der Waals surface area contributed by atoms with Crippen molar-refractivity contribution in [3.8, 4) is 0 Å². The molecule has 54 valence electrons. The molecule has 0 saturated heterocycles. The molecule has 1 heteroatoms. The van der Waals surface area contributed by atoms with Crippen molar-refractivity contribution in [1.82, 2.24) is 4.98 Å². The van der Waals surface area contributed by atoms with Crippen LogP contribution in [0.15, 0.2) is 0 Å². The van der Waals surface area contributed by atoms with E-state index >= 15 is 0 Å². The average Bonchev–Trinajstić information content (AvgIpc) is 2.09. The molecule has 10 heavy (non-hydrogen) atoms. The van der Waals surface area contributed by atoms with E-state index in [0.717, 1.165) is 17.1 Å². The minimum Gasteiger partial charge on any atom is -0.356 e. The third-order valence-electron chi connectivity index (χ3n) is 1.92. The number of hydrogen-bond donors (Lipinski definition) is 1. The van der Waals surface area contributed by atoms with Gasteiger partial charge in [-0.05, 0) is 24.5 Å². The summed E-state index contributed by atoms with van der Waals surface area (Å²) >= 11 is 0. The van der Waals surface area contributed by atoms with Crippen molar-refractivity contribution in [3.63, 3.8) is 0 Å². The molecule has 1 heterocycles. The lowest BCUT2D eigenvalue weighted by Gasteiger charge is -1.90. The van der Waals surface area contributed by atoms with Crippen LogP contribution >= 0.6 is 0 Å². The molecule has 0 saturated carbocycles. The second-order valence-corrected chi connectivity index (χ2v) is 2.54. The first-order valence-corrected chi connectivity index (χ1v) is 3.52. The Bertz CT molecular complexity index is 319. The lowest BCUT2D eigenvalue weighted by molar-refractivity contribution is 1.10. The molecule has 0 aliphatic carbocycles. The van der Waals surface area contributed by atoms with E-state index in [0.29, 0.717) is 0 Å². The quantitative estimate of drug-likeness (QED) is 0.583. The Labute approximate surface area is 61.1 Å². The van der Waals surface area contributed by atoms with Gasteiger partial charge in [-0.1, -0.05) is 20.1 Å². The lowest BCUT2D eigenvalue weighted by Crippen LogP contribution is -2.07. The minimum absolute atomic E-state index is 1.00. The summed E-state index contributed by atoms with van der Waals surface area (Å²) in [5, 5.41) is 2.02. The van der Waals surface area contributed by atoms with Gasteiger partial charge in [-0.25, -0.2) is 0 Å². The number of aromatic nitrogens is 1. The van der Waals surface area contributed by atoms with Crippen LogP contribution in [0.1, 0.15) is 18.1 Å². The Morgan fingerprint density at radius 3 is 2.10 bits per heavy atom. The lowest BCUT2D eigenvalue weighted by atomic mass is 10.1. The Morgan fingerprint density at radius 1 is 1.30 bits per heavy atom. The van der Waals surface area contributed by atoms with E-state index in [4.69, 9.17) is 0 Å². The summed E-state index contributed by atoms with van der Waals surface area (Å²) in [6.45, 7) is 11.9. The van der Waals surface area contributed by atoms with E-state index in [9.17, 15) is 0 Å². The average molecular weight is 135 g/mol. The van der Waals surface area contributed by atoms with Crippen LogP contribution in [0.5, 0.6) is 0 Å². The van der Waals surface area contributed by atoms with Crippen LogP contribution in [0.2, 0.25) is 0 Å². The number of hydrogen-bond acceptors (Lipinski definition) is 0. The summed E-state index contributed by atoms with van der Waals surface area (Å²) in [5.74, 6) is 0. The Balaban J connectivity index is 3.49. The normalized spacial score (nSPS) is 10.2. The first kappa shape index (κ1) is 7.13. The monoisotopic (exact) mass is 135 g/mol. The van der Waals surface area contributed by atoms with Gasteiger partial charge >= 0.3 is 0 Å². The number of H-pyrrole nitrogens is 1. The maximum atomic E-state index is 3.88. The van der Waals surface area contributed by atoms with Crippen molar-refractivity contribution in [3.05, 3.63) is 21.8 Å². The molecule has 0 atom stereocenters. The van der Waals surface area contributed by atoms with Gasteiger partial charge < -0.3 is 4.98 Å². The standard InChI is InChI=1S/C9H13N/c1-5-9-6(2)7(3)10-8(9)4/h10H,3-5H2,1-2H3. The molecule has 0 aromatic carbocycles. The molecule has 1 aromatic heterocycles. The highest BCUT2D eigenvalue weighted by molar-refractivity contribution is 5.28. The van der Waals surface area contributed by atoms with Gasteiger partial charge in [0, 0.05) is 10.7 Å². The summed E-state index contributed by atoms with van der Waals surface area (Å²) < 4.78 is 0. The smallest absolute Gasteiger partial charge is 0.0346 e. The molecule has 1 rings (SSSR count). The molecule has 0 radical (unpaired) electrons. The molecule has 1 nitrogen and oxygen atoms in total. The summed E-state index contributed by atoms with van der Waals surface area (Å²) in [4.78, 5) is 3.10. The Kier molecular flexibility index (Phi) is 1.66. The zero-order valence-electron chi connectivity index (χ0n) is 6.62. The molecule has 0 spiro atoms. The predicted octanol–water partition coefficient (Wildman–Crippen LogP) is 0.706. The zero-order chi connectivity index (χ0) is 7.72. The van der Waals surface area contributed by atoms with Crippen molar-refractivity contribution in [2.24, 2.45) is 0 Å². The molecular weight excluding hydrogens is 122 g/mol. The molecule has 1 N–H and O–H groups in total. The van der Waals surface area contributed by atoms with E-state index in [2.05, 4.69) is 32.0 Å². The first-order chi connectivity index (χ1) is 4.66. The van der Waals surface area contributed by atoms with Crippen LogP contribution in [0.3, 0.4) is 0 Å². The SMILES string of the molecule is C=c1[nH]c(=C)c(CC)c1C. The van der Waals surface area contributed by atoms with Crippen molar-refractivity contribution in [2.75, 3.05) is 0 Å². The molecular formula is C9H13N. The van der Waals surface area contributed by atoms with Gasteiger partial charge in [0.2, 0.25) is 0 Å². The molecule has 0 aliphatic heterocycles. The topological polar surface area (TPSA) is 15.8 Å². The van der Waals surface area contributed by atoms with E-state index in [1.54, 1.807) is 0 Å². The maximum absolute atomic E-state index is 3.88. The van der Waals surface area contributed by atoms with Crippen LogP contribution in [-0.2, 0) is 6.42 Å². The summed E-state index contributed by atoms with van der Waals surface area (Å²) in [6.07, 6.45) is 1.04. The van der Waals surface area contributed by atoms with Crippen molar-refractivity contribution in [2.45, 2.75) is 20.3 Å². The largest absolute Gasteiger partial charge is 0.356 e. The van der Waals surface area contributed by atoms with Crippen LogP contribution < -0.4 is 10.7 Å². The van der Waals surface area contributed by atoms with Gasteiger partial charge in [-0.15, -0.1) is 0 Å². The van der Waals surface area contributed by atoms with Gasteiger partial charge in [-0.3, -0.25) is 0 Å². The zero-order valence-corrected chi connectivity index (χ0v) is 6.62. The van der Waals surface area contributed by atoms with E-state index in [1.165, 1.54) is 11.1 Å². The highest BCUT2D eigenvalue weighted by atomic mass is 14.7. The van der Waals surface area contributed by atoms with Crippen molar-refractivity contribution >= 4 is 13.2 Å². The molecule has 0 amide bonds. The molecule has 0 bridgehead atoms. The van der Waals surface area contributed by atoms with Crippen molar-refractivity contribution < 1.29 is 0 Å². The summed E-state index contributed by atoms with van der Waals surface area (Å²) in [6, 6.07) is 0. The number of nitrogens with one attached hydrogen (secondary N) is 1. The van der Waals surface area contributed by atoms with Crippen LogP contribution in [0.4, 0.5) is 0 Å². The van der Waals surface area contributed by atoms with Crippen LogP contribution in [0.25, 0.3) is 13.2 Å². The van der Waals surface area contributed by atoms with Crippen LogP contribution in [0, 0.1) is 6.92 Å². The van der Waals surface area contributed by atoms with Crippen LogP contribution in [-0.4, -0.2) is 4.98 Å².